The minimum absolute atomic E-state index is 0.660. The van der Waals surface area contributed by atoms with Crippen molar-refractivity contribution >= 4 is 6.21 Å². The van der Waals surface area contributed by atoms with Crippen LogP contribution in [0.4, 0.5) is 0 Å². The molecule has 0 saturated carbocycles. The van der Waals surface area contributed by atoms with E-state index in [1.807, 2.05) is 30.5 Å². The van der Waals surface area contributed by atoms with E-state index in [4.69, 9.17) is 15.2 Å². The fourth-order valence-electron chi connectivity index (χ4n) is 4.00. The van der Waals surface area contributed by atoms with Gasteiger partial charge in [0.1, 0.15) is 0 Å². The molecule has 1 aromatic heterocycles. The molecular formula is C29H33N3. The average molecular weight is 424 g/mol. The molecule has 0 aliphatic rings. The lowest BCUT2D eigenvalue weighted by atomic mass is 9.96. The molecule has 0 spiro atoms. The molecule has 1 atom stereocenters. The van der Waals surface area contributed by atoms with Gasteiger partial charge in [-0.2, -0.15) is 5.26 Å². The van der Waals surface area contributed by atoms with Crippen molar-refractivity contribution in [2.75, 3.05) is 6.54 Å². The first kappa shape index (κ1) is 23.4. The van der Waals surface area contributed by atoms with Crippen LogP contribution in [0, 0.1) is 31.1 Å². The Morgan fingerprint density at radius 3 is 2.28 bits per heavy atom. The molecule has 3 aromatic rings. The van der Waals surface area contributed by atoms with Gasteiger partial charge in [0.2, 0.25) is 0 Å². The van der Waals surface area contributed by atoms with Gasteiger partial charge < -0.3 is 0 Å². The molecule has 0 N–H and O–H groups in total. The summed E-state index contributed by atoms with van der Waals surface area (Å²) in [7, 11) is 0. The number of pyridine rings is 1. The zero-order valence-corrected chi connectivity index (χ0v) is 19.7. The highest BCUT2D eigenvalue weighted by molar-refractivity contribution is 5.87. The lowest BCUT2D eigenvalue weighted by molar-refractivity contribution is 0.439. The Morgan fingerprint density at radius 2 is 1.66 bits per heavy atom. The summed E-state index contributed by atoms with van der Waals surface area (Å²) in [5, 5.41) is 9.14. The third kappa shape index (κ3) is 5.92. The number of nitrogens with zero attached hydrogens (tertiary/aromatic N) is 3. The molecule has 1 unspecified atom stereocenters. The summed E-state index contributed by atoms with van der Waals surface area (Å²) in [6.45, 7) is 9.55. The summed E-state index contributed by atoms with van der Waals surface area (Å²) >= 11 is 0. The maximum atomic E-state index is 9.14. The van der Waals surface area contributed by atoms with Crippen molar-refractivity contribution in [2.24, 2.45) is 10.9 Å². The van der Waals surface area contributed by atoms with Crippen LogP contribution in [0.2, 0.25) is 0 Å². The summed E-state index contributed by atoms with van der Waals surface area (Å²) in [5.41, 5.74) is 8.06. The van der Waals surface area contributed by atoms with Gasteiger partial charge in [0.15, 0.2) is 0 Å². The predicted molar refractivity (Wildman–Crippen MR) is 135 cm³/mol. The molecule has 3 rings (SSSR count). The van der Waals surface area contributed by atoms with Crippen molar-refractivity contribution in [2.45, 2.75) is 53.4 Å². The van der Waals surface area contributed by atoms with Crippen LogP contribution < -0.4 is 0 Å². The number of rotatable bonds is 9. The lowest BCUT2D eigenvalue weighted by Crippen LogP contribution is -2.02. The van der Waals surface area contributed by atoms with Crippen molar-refractivity contribution in [3.05, 3.63) is 77.0 Å². The van der Waals surface area contributed by atoms with E-state index >= 15 is 0 Å². The molecule has 0 aliphatic carbocycles. The summed E-state index contributed by atoms with van der Waals surface area (Å²) in [5.74, 6) is 0.757. The summed E-state index contributed by atoms with van der Waals surface area (Å²) in [6.07, 6.45) is 6.81. The van der Waals surface area contributed by atoms with E-state index in [9.17, 15) is 0 Å². The third-order valence-electron chi connectivity index (χ3n) is 6.06. The van der Waals surface area contributed by atoms with Crippen molar-refractivity contribution < 1.29 is 0 Å². The molecule has 0 aliphatic heterocycles. The molecule has 0 fully saturated rings. The number of nitriles is 1. The molecular weight excluding hydrogens is 390 g/mol. The number of benzene rings is 2. The maximum absolute atomic E-state index is 9.14. The largest absolute Gasteiger partial charge is 0.291 e. The Hall–Kier alpha value is -3.25. The topological polar surface area (TPSA) is 49.0 Å². The molecule has 164 valence electrons. The zero-order chi connectivity index (χ0) is 22.9. The quantitative estimate of drug-likeness (QED) is 0.334. The minimum Gasteiger partial charge on any atom is -0.291 e. The highest BCUT2D eigenvalue weighted by atomic mass is 14.8. The van der Waals surface area contributed by atoms with Crippen LogP contribution in [-0.2, 0) is 0 Å². The van der Waals surface area contributed by atoms with E-state index in [1.54, 1.807) is 0 Å². The van der Waals surface area contributed by atoms with Gasteiger partial charge in [-0.1, -0.05) is 75.1 Å². The molecule has 2 aromatic carbocycles. The standard InChI is InChI=1S/C29H33N3/c1-5-7-23(6-2)16-17-31-20-28-22(4)18-27(25-14-10-24(19-30)11-15-25)29(32-28)26-12-8-21(3)9-13-26/h8-15,18,20,23H,5-7,16-17H2,1-4H3/b31-20-. The first-order valence-electron chi connectivity index (χ1n) is 11.6. The van der Waals surface area contributed by atoms with Crippen LogP contribution in [-0.4, -0.2) is 17.7 Å². The Kier molecular flexibility index (Phi) is 8.34. The highest BCUT2D eigenvalue weighted by Gasteiger charge is 2.13. The van der Waals surface area contributed by atoms with Crippen molar-refractivity contribution in [3.63, 3.8) is 0 Å². The fraction of sp³-hybridized carbons (Fsp3) is 0.345. The number of aryl methyl sites for hydroxylation is 2. The summed E-state index contributed by atoms with van der Waals surface area (Å²) in [6, 6.07) is 20.6. The SMILES string of the molecule is CCCC(CC)CC/N=C\c1nc(-c2ccc(C)cc2)c(-c2ccc(C#N)cc2)cc1C. The summed E-state index contributed by atoms with van der Waals surface area (Å²) in [4.78, 5) is 9.77. The van der Waals surface area contributed by atoms with Gasteiger partial charge in [-0.15, -0.1) is 0 Å². The Bertz CT molecular complexity index is 1090. The first-order chi connectivity index (χ1) is 15.5. The number of hydrogen-bond acceptors (Lipinski definition) is 3. The smallest absolute Gasteiger partial charge is 0.0991 e. The zero-order valence-electron chi connectivity index (χ0n) is 19.7. The van der Waals surface area contributed by atoms with Crippen LogP contribution in [0.15, 0.2) is 59.6 Å². The van der Waals surface area contributed by atoms with Gasteiger partial charge in [0, 0.05) is 23.9 Å². The Balaban J connectivity index is 1.96. The van der Waals surface area contributed by atoms with E-state index in [0.29, 0.717) is 5.56 Å². The average Bonchev–Trinajstić information content (AvgIpc) is 2.82. The van der Waals surface area contributed by atoms with Crippen molar-refractivity contribution in [3.8, 4) is 28.5 Å². The van der Waals surface area contributed by atoms with Crippen molar-refractivity contribution in [1.29, 1.82) is 5.26 Å². The van der Waals surface area contributed by atoms with E-state index in [0.717, 1.165) is 52.5 Å². The molecule has 1 heterocycles. The summed E-state index contributed by atoms with van der Waals surface area (Å²) < 4.78 is 0. The molecule has 32 heavy (non-hydrogen) atoms. The molecule has 3 heteroatoms. The van der Waals surface area contributed by atoms with Gasteiger partial charge in [-0.25, -0.2) is 4.98 Å². The number of hydrogen-bond donors (Lipinski definition) is 0. The van der Waals surface area contributed by atoms with E-state index < -0.39 is 0 Å². The van der Waals surface area contributed by atoms with Gasteiger partial charge in [0.25, 0.3) is 0 Å². The van der Waals surface area contributed by atoms with Gasteiger partial charge in [-0.05, 0) is 55.5 Å². The first-order valence-corrected chi connectivity index (χ1v) is 11.6. The van der Waals surface area contributed by atoms with Crippen LogP contribution >= 0.6 is 0 Å². The van der Waals surface area contributed by atoms with Crippen LogP contribution in [0.1, 0.15) is 61.9 Å². The molecule has 0 radical (unpaired) electrons. The second kappa shape index (κ2) is 11.4. The monoisotopic (exact) mass is 423 g/mol. The highest BCUT2D eigenvalue weighted by Crippen LogP contribution is 2.32. The Morgan fingerprint density at radius 1 is 0.969 bits per heavy atom. The van der Waals surface area contributed by atoms with Crippen LogP contribution in [0.3, 0.4) is 0 Å². The minimum atomic E-state index is 0.660. The third-order valence-corrected chi connectivity index (χ3v) is 6.06. The maximum Gasteiger partial charge on any atom is 0.0991 e. The molecule has 0 saturated heterocycles. The Labute approximate surface area is 192 Å². The van der Waals surface area contributed by atoms with Crippen molar-refractivity contribution in [1.82, 2.24) is 4.98 Å². The number of aromatic nitrogens is 1. The number of aliphatic imine (C=N–C) groups is 1. The molecule has 0 amide bonds. The normalized spacial score (nSPS) is 12.1. The van der Waals surface area contributed by atoms with E-state index in [-0.39, 0.29) is 0 Å². The van der Waals surface area contributed by atoms with E-state index in [1.165, 1.54) is 24.8 Å². The molecule has 0 bridgehead atoms. The van der Waals surface area contributed by atoms with Crippen LogP contribution in [0.25, 0.3) is 22.4 Å². The fourth-order valence-corrected chi connectivity index (χ4v) is 4.00. The van der Waals surface area contributed by atoms with Gasteiger partial charge in [0.05, 0.1) is 23.0 Å². The second-order valence-corrected chi connectivity index (χ2v) is 8.53. The lowest BCUT2D eigenvalue weighted by Gasteiger charge is -2.14. The van der Waals surface area contributed by atoms with E-state index in [2.05, 4.69) is 64.1 Å². The predicted octanol–water partition coefficient (Wildman–Crippen LogP) is 7.54. The van der Waals surface area contributed by atoms with Gasteiger partial charge >= 0.3 is 0 Å². The van der Waals surface area contributed by atoms with Gasteiger partial charge in [-0.3, -0.25) is 4.99 Å². The molecule has 3 nitrogen and oxygen atoms in total. The van der Waals surface area contributed by atoms with Crippen LogP contribution in [0.5, 0.6) is 0 Å². The second-order valence-electron chi connectivity index (χ2n) is 8.53.